The van der Waals surface area contributed by atoms with Crippen molar-refractivity contribution < 1.29 is 13.2 Å². The number of nitrogens with one attached hydrogen (secondary N) is 1. The SMILES string of the molecule is CCCCOCCCNS(=O)(=O)N1CC(C)CC(C)C1. The number of piperidine rings is 1. The van der Waals surface area contributed by atoms with Crippen molar-refractivity contribution >= 4 is 10.2 Å². The third-order valence-electron chi connectivity index (χ3n) is 3.57. The van der Waals surface area contributed by atoms with Crippen molar-refractivity contribution in [3.63, 3.8) is 0 Å². The molecule has 1 heterocycles. The predicted octanol–water partition coefficient (Wildman–Crippen LogP) is 2.01. The van der Waals surface area contributed by atoms with E-state index < -0.39 is 10.2 Å². The highest BCUT2D eigenvalue weighted by Crippen LogP contribution is 2.22. The van der Waals surface area contributed by atoms with E-state index in [1.807, 2.05) is 0 Å². The average molecular weight is 306 g/mol. The Morgan fingerprint density at radius 2 is 1.75 bits per heavy atom. The highest BCUT2D eigenvalue weighted by atomic mass is 32.2. The maximum atomic E-state index is 12.2. The molecule has 0 spiro atoms. The van der Waals surface area contributed by atoms with Crippen LogP contribution in [-0.4, -0.2) is 45.6 Å². The van der Waals surface area contributed by atoms with Crippen molar-refractivity contribution in [2.24, 2.45) is 11.8 Å². The Morgan fingerprint density at radius 1 is 1.15 bits per heavy atom. The first-order valence-electron chi connectivity index (χ1n) is 7.78. The maximum absolute atomic E-state index is 12.2. The molecule has 2 unspecified atom stereocenters. The Kier molecular flexibility index (Phi) is 8.02. The summed E-state index contributed by atoms with van der Waals surface area (Å²) in [6.45, 7) is 9.45. The highest BCUT2D eigenvalue weighted by molar-refractivity contribution is 7.87. The zero-order valence-corrected chi connectivity index (χ0v) is 13.9. The Labute approximate surface area is 124 Å². The summed E-state index contributed by atoms with van der Waals surface area (Å²) in [5, 5.41) is 0. The highest BCUT2D eigenvalue weighted by Gasteiger charge is 2.29. The summed E-state index contributed by atoms with van der Waals surface area (Å²) in [5.41, 5.74) is 0. The van der Waals surface area contributed by atoms with Gasteiger partial charge < -0.3 is 4.74 Å². The fraction of sp³-hybridized carbons (Fsp3) is 1.00. The van der Waals surface area contributed by atoms with Crippen molar-refractivity contribution in [3.05, 3.63) is 0 Å². The van der Waals surface area contributed by atoms with Crippen molar-refractivity contribution in [3.8, 4) is 0 Å². The van der Waals surface area contributed by atoms with E-state index in [-0.39, 0.29) is 0 Å². The first kappa shape index (κ1) is 17.9. The largest absolute Gasteiger partial charge is 0.381 e. The molecule has 1 fully saturated rings. The van der Waals surface area contributed by atoms with Gasteiger partial charge in [0.05, 0.1) is 0 Å². The molecule has 120 valence electrons. The van der Waals surface area contributed by atoms with E-state index in [0.29, 0.717) is 38.1 Å². The number of unbranched alkanes of at least 4 members (excludes halogenated alkanes) is 1. The van der Waals surface area contributed by atoms with Crippen LogP contribution in [0.25, 0.3) is 0 Å². The number of nitrogens with zero attached hydrogens (tertiary/aromatic N) is 1. The molecule has 0 aromatic rings. The topological polar surface area (TPSA) is 58.6 Å². The van der Waals surface area contributed by atoms with Gasteiger partial charge in [0.25, 0.3) is 10.2 Å². The van der Waals surface area contributed by atoms with Gasteiger partial charge in [0.2, 0.25) is 0 Å². The molecule has 1 saturated heterocycles. The van der Waals surface area contributed by atoms with Crippen LogP contribution in [-0.2, 0) is 14.9 Å². The predicted molar refractivity (Wildman–Crippen MR) is 81.8 cm³/mol. The Hall–Kier alpha value is -0.170. The van der Waals surface area contributed by atoms with E-state index in [9.17, 15) is 8.42 Å². The molecule has 5 nitrogen and oxygen atoms in total. The fourth-order valence-corrected chi connectivity index (χ4v) is 4.10. The monoisotopic (exact) mass is 306 g/mol. The summed E-state index contributed by atoms with van der Waals surface area (Å²) in [6.07, 6.45) is 4.02. The van der Waals surface area contributed by atoms with Gasteiger partial charge >= 0.3 is 0 Å². The Morgan fingerprint density at radius 3 is 2.35 bits per heavy atom. The molecule has 1 aliphatic rings. The number of rotatable bonds is 9. The van der Waals surface area contributed by atoms with Crippen LogP contribution >= 0.6 is 0 Å². The molecule has 0 aromatic carbocycles. The molecular weight excluding hydrogens is 276 g/mol. The molecule has 0 aliphatic carbocycles. The fourth-order valence-electron chi connectivity index (χ4n) is 2.62. The van der Waals surface area contributed by atoms with Crippen molar-refractivity contribution in [1.29, 1.82) is 0 Å². The van der Waals surface area contributed by atoms with Gasteiger partial charge in [-0.1, -0.05) is 27.2 Å². The molecule has 1 rings (SSSR count). The molecule has 2 atom stereocenters. The summed E-state index contributed by atoms with van der Waals surface area (Å²) in [7, 11) is -3.32. The van der Waals surface area contributed by atoms with Crippen LogP contribution in [0.3, 0.4) is 0 Å². The maximum Gasteiger partial charge on any atom is 0.279 e. The lowest BCUT2D eigenvalue weighted by molar-refractivity contribution is 0.129. The Balaban J connectivity index is 2.24. The molecule has 6 heteroatoms. The van der Waals surface area contributed by atoms with Gasteiger partial charge in [0.15, 0.2) is 0 Å². The van der Waals surface area contributed by atoms with Crippen LogP contribution < -0.4 is 4.72 Å². The van der Waals surface area contributed by atoms with Crippen LogP contribution in [0.15, 0.2) is 0 Å². The summed E-state index contributed by atoms with van der Waals surface area (Å²) >= 11 is 0. The number of hydrogen-bond donors (Lipinski definition) is 1. The minimum Gasteiger partial charge on any atom is -0.381 e. The van der Waals surface area contributed by atoms with Crippen LogP contribution in [0.2, 0.25) is 0 Å². The average Bonchev–Trinajstić information content (AvgIpc) is 2.36. The first-order valence-corrected chi connectivity index (χ1v) is 9.22. The number of ether oxygens (including phenoxy) is 1. The lowest BCUT2D eigenvalue weighted by Crippen LogP contribution is -2.48. The minimum atomic E-state index is -3.32. The molecule has 0 radical (unpaired) electrons. The van der Waals surface area contributed by atoms with E-state index in [2.05, 4.69) is 25.5 Å². The zero-order chi connectivity index (χ0) is 15.0. The molecule has 0 amide bonds. The molecule has 0 bridgehead atoms. The van der Waals surface area contributed by atoms with Gasteiger partial charge in [0, 0.05) is 32.8 Å². The Bertz CT molecular complexity index is 349. The second-order valence-corrected chi connectivity index (χ2v) is 7.74. The molecule has 20 heavy (non-hydrogen) atoms. The second kappa shape index (κ2) is 8.97. The van der Waals surface area contributed by atoms with Crippen molar-refractivity contribution in [2.45, 2.75) is 46.5 Å². The van der Waals surface area contributed by atoms with E-state index in [1.165, 1.54) is 0 Å². The third kappa shape index (κ3) is 6.52. The second-order valence-electron chi connectivity index (χ2n) is 5.98. The van der Waals surface area contributed by atoms with Crippen LogP contribution in [0.5, 0.6) is 0 Å². The van der Waals surface area contributed by atoms with Gasteiger partial charge in [-0.15, -0.1) is 0 Å². The lowest BCUT2D eigenvalue weighted by Gasteiger charge is -2.33. The van der Waals surface area contributed by atoms with Gasteiger partial charge in [-0.2, -0.15) is 12.7 Å². The van der Waals surface area contributed by atoms with Gasteiger partial charge in [-0.25, -0.2) is 4.72 Å². The molecule has 0 aromatic heterocycles. The summed E-state index contributed by atoms with van der Waals surface area (Å²) in [5.74, 6) is 0.875. The lowest BCUT2D eigenvalue weighted by atomic mass is 9.94. The van der Waals surface area contributed by atoms with Crippen LogP contribution in [0.1, 0.15) is 46.5 Å². The van der Waals surface area contributed by atoms with Crippen LogP contribution in [0, 0.1) is 11.8 Å². The molecule has 1 N–H and O–H groups in total. The molecule has 0 saturated carbocycles. The third-order valence-corrected chi connectivity index (χ3v) is 5.11. The molecular formula is C14H30N2O3S. The smallest absolute Gasteiger partial charge is 0.279 e. The van der Waals surface area contributed by atoms with Crippen molar-refractivity contribution in [1.82, 2.24) is 9.03 Å². The number of hydrogen-bond acceptors (Lipinski definition) is 3. The first-order chi connectivity index (χ1) is 9.45. The van der Waals surface area contributed by atoms with Gasteiger partial charge in [-0.05, 0) is 31.1 Å². The van der Waals surface area contributed by atoms with Gasteiger partial charge in [-0.3, -0.25) is 0 Å². The van der Waals surface area contributed by atoms with Crippen molar-refractivity contribution in [2.75, 3.05) is 32.8 Å². The van der Waals surface area contributed by atoms with E-state index in [4.69, 9.17) is 4.74 Å². The summed E-state index contributed by atoms with van der Waals surface area (Å²) in [6, 6.07) is 0. The van der Waals surface area contributed by atoms with E-state index in [0.717, 1.165) is 32.3 Å². The molecule has 1 aliphatic heterocycles. The summed E-state index contributed by atoms with van der Waals surface area (Å²) < 4.78 is 34.1. The van der Waals surface area contributed by atoms with E-state index >= 15 is 0 Å². The summed E-state index contributed by atoms with van der Waals surface area (Å²) in [4.78, 5) is 0. The quantitative estimate of drug-likeness (QED) is 0.663. The normalized spacial score (nSPS) is 24.9. The minimum absolute atomic E-state index is 0.438. The standard InChI is InChI=1S/C14H30N2O3S/c1-4-5-8-19-9-6-7-15-20(17,18)16-11-13(2)10-14(3)12-16/h13-15H,4-12H2,1-3H3. The zero-order valence-electron chi connectivity index (χ0n) is 13.1. The van der Waals surface area contributed by atoms with Crippen LogP contribution in [0.4, 0.5) is 0 Å². The van der Waals surface area contributed by atoms with E-state index in [1.54, 1.807) is 4.31 Å². The van der Waals surface area contributed by atoms with Gasteiger partial charge in [0.1, 0.15) is 0 Å².